The summed E-state index contributed by atoms with van der Waals surface area (Å²) in [5, 5.41) is 2.64. The van der Waals surface area contributed by atoms with E-state index in [0.717, 1.165) is 0 Å². The fraction of sp³-hybridized carbons (Fsp3) is 0. The second kappa shape index (κ2) is 5.05. The van der Waals surface area contributed by atoms with Gasteiger partial charge in [0.15, 0.2) is 0 Å². The van der Waals surface area contributed by atoms with Crippen LogP contribution >= 0.6 is 0 Å². The van der Waals surface area contributed by atoms with Gasteiger partial charge in [-0.25, -0.2) is 4.39 Å². The first-order chi connectivity index (χ1) is 9.74. The molecule has 0 spiro atoms. The zero-order valence-electron chi connectivity index (χ0n) is 10.4. The van der Waals surface area contributed by atoms with Crippen LogP contribution in [-0.4, -0.2) is 15.9 Å². The number of amides is 1. The first-order valence-corrected chi connectivity index (χ1v) is 6.01. The van der Waals surface area contributed by atoms with E-state index in [0.29, 0.717) is 22.3 Å². The lowest BCUT2D eigenvalue weighted by molar-refractivity contribution is 0.102. The predicted octanol–water partition coefficient (Wildman–Crippen LogP) is 3.02. The van der Waals surface area contributed by atoms with Gasteiger partial charge >= 0.3 is 0 Å². The van der Waals surface area contributed by atoms with Crippen molar-refractivity contribution in [3.05, 3.63) is 66.2 Å². The monoisotopic (exact) mass is 267 g/mol. The molecule has 0 radical (unpaired) electrons. The van der Waals surface area contributed by atoms with Gasteiger partial charge in [0.2, 0.25) is 0 Å². The number of hydrogen-bond acceptors (Lipinski definition) is 3. The van der Waals surface area contributed by atoms with Gasteiger partial charge in [0.25, 0.3) is 5.91 Å². The zero-order chi connectivity index (χ0) is 13.9. The van der Waals surface area contributed by atoms with E-state index < -0.39 is 5.82 Å². The minimum atomic E-state index is -0.402. The van der Waals surface area contributed by atoms with Crippen LogP contribution in [0.1, 0.15) is 10.4 Å². The molecule has 1 N–H and O–H groups in total. The lowest BCUT2D eigenvalue weighted by Gasteiger charge is -2.07. The van der Waals surface area contributed by atoms with E-state index in [-0.39, 0.29) is 5.91 Å². The number of halogens is 1. The summed E-state index contributed by atoms with van der Waals surface area (Å²) < 4.78 is 13.1. The molecule has 0 aliphatic carbocycles. The fourth-order valence-electron chi connectivity index (χ4n) is 1.94. The topological polar surface area (TPSA) is 54.9 Å². The Balaban J connectivity index is 1.97. The third-order valence-electron chi connectivity index (χ3n) is 2.83. The highest BCUT2D eigenvalue weighted by Crippen LogP contribution is 2.16. The zero-order valence-corrected chi connectivity index (χ0v) is 10.4. The lowest BCUT2D eigenvalue weighted by Crippen LogP contribution is -2.13. The smallest absolute Gasteiger partial charge is 0.257 e. The third kappa shape index (κ3) is 2.33. The van der Waals surface area contributed by atoms with Crippen LogP contribution in [0.4, 0.5) is 10.1 Å². The molecule has 2 aromatic carbocycles. The van der Waals surface area contributed by atoms with Gasteiger partial charge in [-0.3, -0.25) is 14.8 Å². The number of carbonyl (C=O) groups is 1. The minimum absolute atomic E-state index is 0.346. The van der Waals surface area contributed by atoms with E-state index in [1.165, 1.54) is 24.4 Å². The van der Waals surface area contributed by atoms with Crippen molar-refractivity contribution in [1.82, 2.24) is 9.97 Å². The van der Waals surface area contributed by atoms with Crippen LogP contribution in [0.25, 0.3) is 11.0 Å². The van der Waals surface area contributed by atoms with Crippen molar-refractivity contribution in [2.75, 3.05) is 5.32 Å². The molecule has 0 bridgehead atoms. The number of benzene rings is 2. The molecule has 3 rings (SSSR count). The third-order valence-corrected chi connectivity index (χ3v) is 2.83. The molecule has 20 heavy (non-hydrogen) atoms. The van der Waals surface area contributed by atoms with Crippen molar-refractivity contribution in [3.63, 3.8) is 0 Å². The van der Waals surface area contributed by atoms with E-state index in [1.807, 2.05) is 0 Å². The number of nitrogens with one attached hydrogen (secondary N) is 1. The van der Waals surface area contributed by atoms with Gasteiger partial charge in [-0.2, -0.15) is 0 Å². The Morgan fingerprint density at radius 2 is 1.85 bits per heavy atom. The number of hydrogen-bond donors (Lipinski definition) is 1. The van der Waals surface area contributed by atoms with Crippen molar-refractivity contribution >= 4 is 22.6 Å². The Hall–Kier alpha value is -2.82. The van der Waals surface area contributed by atoms with E-state index in [4.69, 9.17) is 0 Å². The Bertz CT molecular complexity index is 783. The second-order valence-corrected chi connectivity index (χ2v) is 4.19. The summed E-state index contributed by atoms with van der Waals surface area (Å²) in [6, 6.07) is 10.9. The molecule has 4 nitrogen and oxygen atoms in total. The maximum atomic E-state index is 13.1. The predicted molar refractivity (Wildman–Crippen MR) is 73.9 cm³/mol. The number of rotatable bonds is 2. The van der Waals surface area contributed by atoms with E-state index >= 15 is 0 Å². The number of carbonyl (C=O) groups excluding carboxylic acids is 1. The summed E-state index contributed by atoms with van der Waals surface area (Å²) in [4.78, 5) is 20.5. The SMILES string of the molecule is O=C(Nc1cccc(F)c1)c1cccc2nccnc12. The molecular weight excluding hydrogens is 257 g/mol. The molecule has 1 amide bonds. The standard InChI is InChI=1S/C15H10FN3O/c16-10-3-1-4-11(9-10)19-15(20)12-5-2-6-13-14(12)18-8-7-17-13/h1-9H,(H,19,20). The highest BCUT2D eigenvalue weighted by atomic mass is 19.1. The Kier molecular flexibility index (Phi) is 3.09. The Morgan fingerprint density at radius 3 is 2.70 bits per heavy atom. The average Bonchev–Trinajstić information content (AvgIpc) is 2.46. The summed E-state index contributed by atoms with van der Waals surface area (Å²) in [6.07, 6.45) is 3.10. The van der Waals surface area contributed by atoms with Crippen molar-refractivity contribution in [3.8, 4) is 0 Å². The molecule has 1 aromatic heterocycles. The van der Waals surface area contributed by atoms with Crippen molar-refractivity contribution in [1.29, 1.82) is 0 Å². The fourth-order valence-corrected chi connectivity index (χ4v) is 1.94. The molecule has 1 heterocycles. The van der Waals surface area contributed by atoms with Crippen molar-refractivity contribution in [2.45, 2.75) is 0 Å². The first kappa shape index (κ1) is 12.2. The molecule has 0 unspecified atom stereocenters. The number of aromatic nitrogens is 2. The quantitative estimate of drug-likeness (QED) is 0.776. The molecule has 5 heteroatoms. The van der Waals surface area contributed by atoms with Crippen molar-refractivity contribution in [2.24, 2.45) is 0 Å². The minimum Gasteiger partial charge on any atom is -0.322 e. The maximum Gasteiger partial charge on any atom is 0.257 e. The Morgan fingerprint density at radius 1 is 1.05 bits per heavy atom. The molecule has 0 aliphatic rings. The second-order valence-electron chi connectivity index (χ2n) is 4.19. The van der Waals surface area contributed by atoms with E-state index in [1.54, 1.807) is 30.5 Å². The average molecular weight is 267 g/mol. The summed E-state index contributed by atoms with van der Waals surface area (Å²) >= 11 is 0. The van der Waals surface area contributed by atoms with E-state index in [9.17, 15) is 9.18 Å². The van der Waals surface area contributed by atoms with Gasteiger partial charge in [-0.05, 0) is 30.3 Å². The molecule has 0 saturated heterocycles. The molecule has 3 aromatic rings. The van der Waals surface area contributed by atoms with Gasteiger partial charge in [0.1, 0.15) is 11.3 Å². The van der Waals surface area contributed by atoms with Crippen LogP contribution in [0.2, 0.25) is 0 Å². The number of para-hydroxylation sites is 1. The molecular formula is C15H10FN3O. The lowest BCUT2D eigenvalue weighted by atomic mass is 10.1. The van der Waals surface area contributed by atoms with Crippen LogP contribution in [0, 0.1) is 5.82 Å². The van der Waals surface area contributed by atoms with Crippen LogP contribution in [0.5, 0.6) is 0 Å². The van der Waals surface area contributed by atoms with Crippen LogP contribution in [0.3, 0.4) is 0 Å². The molecule has 98 valence electrons. The summed E-state index contributed by atoms with van der Waals surface area (Å²) in [6.45, 7) is 0. The molecule has 0 saturated carbocycles. The highest BCUT2D eigenvalue weighted by Gasteiger charge is 2.11. The van der Waals surface area contributed by atoms with Gasteiger partial charge in [0.05, 0.1) is 11.1 Å². The maximum absolute atomic E-state index is 13.1. The summed E-state index contributed by atoms with van der Waals surface area (Å²) in [5.41, 5.74) is 1.96. The van der Waals surface area contributed by atoms with Crippen LogP contribution in [0.15, 0.2) is 54.9 Å². The van der Waals surface area contributed by atoms with Crippen molar-refractivity contribution < 1.29 is 9.18 Å². The van der Waals surface area contributed by atoms with Crippen LogP contribution in [-0.2, 0) is 0 Å². The van der Waals surface area contributed by atoms with Gasteiger partial charge in [-0.15, -0.1) is 0 Å². The number of anilines is 1. The Labute approximate surface area is 114 Å². The normalized spacial score (nSPS) is 10.4. The largest absolute Gasteiger partial charge is 0.322 e. The van der Waals surface area contributed by atoms with Gasteiger partial charge in [0, 0.05) is 18.1 Å². The molecule has 0 fully saturated rings. The molecule has 0 aliphatic heterocycles. The highest BCUT2D eigenvalue weighted by molar-refractivity contribution is 6.11. The summed E-state index contributed by atoms with van der Waals surface area (Å²) in [7, 11) is 0. The molecule has 0 atom stereocenters. The van der Waals surface area contributed by atoms with Gasteiger partial charge in [-0.1, -0.05) is 12.1 Å². The number of fused-ring (bicyclic) bond motifs is 1. The number of nitrogens with zero attached hydrogens (tertiary/aromatic N) is 2. The van der Waals surface area contributed by atoms with Gasteiger partial charge < -0.3 is 5.32 Å². The first-order valence-electron chi connectivity index (χ1n) is 6.01. The van der Waals surface area contributed by atoms with Crippen LogP contribution < -0.4 is 5.32 Å². The summed E-state index contributed by atoms with van der Waals surface area (Å²) in [5.74, 6) is -0.748. The van der Waals surface area contributed by atoms with E-state index in [2.05, 4.69) is 15.3 Å².